The van der Waals surface area contributed by atoms with Crippen molar-refractivity contribution < 1.29 is 4.74 Å². The molecule has 0 atom stereocenters. The fourth-order valence-corrected chi connectivity index (χ4v) is 2.43. The van der Waals surface area contributed by atoms with E-state index < -0.39 is 0 Å². The summed E-state index contributed by atoms with van der Waals surface area (Å²) in [6.07, 6.45) is 0. The van der Waals surface area contributed by atoms with E-state index in [2.05, 4.69) is 26.3 Å². The van der Waals surface area contributed by atoms with E-state index in [0.29, 0.717) is 11.8 Å². The highest BCUT2D eigenvalue weighted by molar-refractivity contribution is 5.54. The molecule has 0 radical (unpaired) electrons. The maximum absolute atomic E-state index is 5.82. The van der Waals surface area contributed by atoms with Crippen molar-refractivity contribution in [1.29, 1.82) is 0 Å². The molecule has 0 amide bonds. The van der Waals surface area contributed by atoms with Crippen LogP contribution in [0.25, 0.3) is 0 Å². The Kier molecular flexibility index (Phi) is 4.79. The summed E-state index contributed by atoms with van der Waals surface area (Å²) in [4.78, 5) is 12.6. The van der Waals surface area contributed by atoms with Crippen molar-refractivity contribution in [3.05, 3.63) is 65.0 Å². The molecule has 0 saturated heterocycles. The van der Waals surface area contributed by atoms with Crippen molar-refractivity contribution in [3.8, 4) is 5.75 Å². The first-order chi connectivity index (χ1) is 12.0. The molecule has 6 heteroatoms. The number of rotatable bonds is 5. The van der Waals surface area contributed by atoms with Gasteiger partial charge in [0.2, 0.25) is 11.9 Å². The largest absolute Gasteiger partial charge is 0.485 e. The SMILES string of the molecule is Cc1ccc(Nc2nc(N)nc(COc3ccc(C)cc3C)n2)cc1. The third-order valence-corrected chi connectivity index (χ3v) is 3.69. The molecule has 0 aliphatic carbocycles. The smallest absolute Gasteiger partial charge is 0.232 e. The molecule has 3 N–H and O–H groups in total. The molecule has 1 heterocycles. The van der Waals surface area contributed by atoms with Gasteiger partial charge in [-0.25, -0.2) is 0 Å². The second kappa shape index (κ2) is 7.17. The van der Waals surface area contributed by atoms with Crippen molar-refractivity contribution >= 4 is 17.6 Å². The highest BCUT2D eigenvalue weighted by Gasteiger charge is 2.07. The third kappa shape index (κ3) is 4.44. The Bertz CT molecular complexity index is 877. The molecule has 25 heavy (non-hydrogen) atoms. The van der Waals surface area contributed by atoms with Gasteiger partial charge >= 0.3 is 0 Å². The number of ether oxygens (including phenoxy) is 1. The van der Waals surface area contributed by atoms with E-state index in [0.717, 1.165) is 17.0 Å². The molecular weight excluding hydrogens is 314 g/mol. The summed E-state index contributed by atoms with van der Waals surface area (Å²) in [7, 11) is 0. The zero-order valence-electron chi connectivity index (χ0n) is 14.6. The summed E-state index contributed by atoms with van der Waals surface area (Å²) in [5, 5.41) is 3.13. The number of nitrogens with two attached hydrogens (primary N) is 1. The monoisotopic (exact) mass is 335 g/mol. The van der Waals surface area contributed by atoms with Crippen LogP contribution in [0.2, 0.25) is 0 Å². The van der Waals surface area contributed by atoms with Gasteiger partial charge in [0.05, 0.1) is 0 Å². The molecule has 3 rings (SSSR count). The second-order valence-corrected chi connectivity index (χ2v) is 5.98. The second-order valence-electron chi connectivity index (χ2n) is 5.98. The molecule has 0 bridgehead atoms. The van der Waals surface area contributed by atoms with Crippen LogP contribution in [-0.2, 0) is 6.61 Å². The maximum Gasteiger partial charge on any atom is 0.232 e. The molecule has 0 spiro atoms. The van der Waals surface area contributed by atoms with Crippen molar-refractivity contribution in [2.75, 3.05) is 11.1 Å². The van der Waals surface area contributed by atoms with Gasteiger partial charge in [-0.1, -0.05) is 35.4 Å². The Balaban J connectivity index is 1.73. The highest BCUT2D eigenvalue weighted by Crippen LogP contribution is 2.20. The van der Waals surface area contributed by atoms with E-state index in [9.17, 15) is 0 Å². The Hall–Kier alpha value is -3.15. The first-order valence-corrected chi connectivity index (χ1v) is 8.04. The molecule has 128 valence electrons. The average molecular weight is 335 g/mol. The topological polar surface area (TPSA) is 86.0 Å². The number of aryl methyl sites for hydroxylation is 3. The molecule has 0 unspecified atom stereocenters. The first-order valence-electron chi connectivity index (χ1n) is 8.04. The first kappa shape index (κ1) is 16.7. The van der Waals surface area contributed by atoms with Gasteiger partial charge in [0, 0.05) is 5.69 Å². The summed E-state index contributed by atoms with van der Waals surface area (Å²) < 4.78 is 5.82. The third-order valence-electron chi connectivity index (χ3n) is 3.69. The lowest BCUT2D eigenvalue weighted by atomic mass is 10.1. The zero-order chi connectivity index (χ0) is 17.8. The Morgan fingerprint density at radius 3 is 2.36 bits per heavy atom. The van der Waals surface area contributed by atoms with Crippen LogP contribution in [0.15, 0.2) is 42.5 Å². The van der Waals surface area contributed by atoms with Crippen LogP contribution in [-0.4, -0.2) is 15.0 Å². The van der Waals surface area contributed by atoms with Crippen LogP contribution >= 0.6 is 0 Å². The summed E-state index contributed by atoms with van der Waals surface area (Å²) in [6.45, 7) is 6.31. The van der Waals surface area contributed by atoms with Crippen LogP contribution in [0.5, 0.6) is 5.75 Å². The van der Waals surface area contributed by atoms with E-state index in [1.807, 2.05) is 57.2 Å². The van der Waals surface area contributed by atoms with E-state index in [1.54, 1.807) is 0 Å². The van der Waals surface area contributed by atoms with Gasteiger partial charge in [0.1, 0.15) is 12.4 Å². The number of hydrogen-bond acceptors (Lipinski definition) is 6. The minimum absolute atomic E-state index is 0.156. The molecule has 0 fully saturated rings. The molecule has 3 aromatic rings. The van der Waals surface area contributed by atoms with Crippen LogP contribution in [0.3, 0.4) is 0 Å². The minimum atomic E-state index is 0.156. The number of nitrogens with zero attached hydrogens (tertiary/aromatic N) is 3. The predicted octanol–water partition coefficient (Wildman–Crippen LogP) is 3.70. The fourth-order valence-electron chi connectivity index (χ4n) is 2.43. The van der Waals surface area contributed by atoms with Crippen LogP contribution in [0.4, 0.5) is 17.6 Å². The van der Waals surface area contributed by atoms with Gasteiger partial charge in [-0.2, -0.15) is 15.0 Å². The fraction of sp³-hybridized carbons (Fsp3) is 0.211. The van der Waals surface area contributed by atoms with E-state index >= 15 is 0 Å². The standard InChI is InChI=1S/C19H21N5O/c1-12-4-7-15(8-5-12)21-19-23-17(22-18(20)24-19)11-25-16-9-6-13(2)10-14(16)3/h4-10H,11H2,1-3H3,(H3,20,21,22,23,24). The van der Waals surface area contributed by atoms with Crippen LogP contribution in [0.1, 0.15) is 22.5 Å². The number of anilines is 3. The molecule has 1 aromatic heterocycles. The van der Waals surface area contributed by atoms with E-state index in [-0.39, 0.29) is 12.6 Å². The van der Waals surface area contributed by atoms with Gasteiger partial charge in [-0.3, -0.25) is 0 Å². The number of nitrogen functional groups attached to an aromatic ring is 1. The molecule has 2 aromatic carbocycles. The normalized spacial score (nSPS) is 10.5. The molecule has 0 aliphatic rings. The summed E-state index contributed by atoms with van der Waals surface area (Å²) >= 11 is 0. The molecule has 0 saturated carbocycles. The number of aromatic nitrogens is 3. The van der Waals surface area contributed by atoms with Crippen LogP contribution < -0.4 is 15.8 Å². The Morgan fingerprint density at radius 2 is 1.64 bits per heavy atom. The Morgan fingerprint density at radius 1 is 0.920 bits per heavy atom. The zero-order valence-corrected chi connectivity index (χ0v) is 14.6. The molecular formula is C19H21N5O. The van der Waals surface area contributed by atoms with Gasteiger partial charge in [0.15, 0.2) is 5.82 Å². The highest BCUT2D eigenvalue weighted by atomic mass is 16.5. The van der Waals surface area contributed by atoms with Crippen molar-refractivity contribution in [3.63, 3.8) is 0 Å². The predicted molar refractivity (Wildman–Crippen MR) is 98.9 cm³/mol. The minimum Gasteiger partial charge on any atom is -0.485 e. The van der Waals surface area contributed by atoms with Crippen molar-refractivity contribution in [2.45, 2.75) is 27.4 Å². The van der Waals surface area contributed by atoms with Gasteiger partial charge in [-0.15, -0.1) is 0 Å². The lowest BCUT2D eigenvalue weighted by Gasteiger charge is -2.10. The number of hydrogen-bond donors (Lipinski definition) is 2. The maximum atomic E-state index is 5.82. The quantitative estimate of drug-likeness (QED) is 0.739. The van der Waals surface area contributed by atoms with Crippen molar-refractivity contribution in [2.24, 2.45) is 0 Å². The summed E-state index contributed by atoms with van der Waals surface area (Å²) in [5.74, 6) is 1.83. The van der Waals surface area contributed by atoms with Gasteiger partial charge in [0.25, 0.3) is 0 Å². The van der Waals surface area contributed by atoms with Gasteiger partial charge in [-0.05, 0) is 44.5 Å². The summed E-state index contributed by atoms with van der Waals surface area (Å²) in [6, 6.07) is 14.0. The lowest BCUT2D eigenvalue weighted by molar-refractivity contribution is 0.294. The average Bonchev–Trinajstić information content (AvgIpc) is 2.56. The Labute approximate surface area is 147 Å². The lowest BCUT2D eigenvalue weighted by Crippen LogP contribution is -2.09. The molecule has 6 nitrogen and oxygen atoms in total. The number of benzene rings is 2. The van der Waals surface area contributed by atoms with Gasteiger partial charge < -0.3 is 15.8 Å². The van der Waals surface area contributed by atoms with Crippen LogP contribution in [0, 0.1) is 20.8 Å². The van der Waals surface area contributed by atoms with E-state index in [4.69, 9.17) is 10.5 Å². The molecule has 0 aliphatic heterocycles. The van der Waals surface area contributed by atoms with E-state index in [1.165, 1.54) is 11.1 Å². The number of nitrogens with one attached hydrogen (secondary N) is 1. The van der Waals surface area contributed by atoms with Crippen molar-refractivity contribution in [1.82, 2.24) is 15.0 Å². The summed E-state index contributed by atoms with van der Waals surface area (Å²) in [5.41, 5.74) is 10.1.